The van der Waals surface area contributed by atoms with Crippen molar-refractivity contribution in [1.29, 1.82) is 0 Å². The first-order chi connectivity index (χ1) is 6.70. The highest BCUT2D eigenvalue weighted by atomic mass is 16.2. The Kier molecular flexibility index (Phi) is 2.25. The normalized spacial score (nSPS) is 27.7. The molecule has 3 heteroatoms. The van der Waals surface area contributed by atoms with Gasteiger partial charge in [-0.1, -0.05) is 30.3 Å². The van der Waals surface area contributed by atoms with Gasteiger partial charge >= 0.3 is 0 Å². The van der Waals surface area contributed by atoms with Crippen molar-refractivity contribution in [3.63, 3.8) is 0 Å². The van der Waals surface area contributed by atoms with Gasteiger partial charge in [0.2, 0.25) is 5.91 Å². The van der Waals surface area contributed by atoms with Crippen LogP contribution < -0.4 is 5.32 Å². The Labute approximate surface area is 83.7 Å². The maximum atomic E-state index is 11.6. The molecule has 0 saturated carbocycles. The molecule has 1 saturated heterocycles. The minimum absolute atomic E-state index is 0.0891. The van der Waals surface area contributed by atoms with Crippen LogP contribution >= 0.6 is 0 Å². The quantitative estimate of drug-likeness (QED) is 0.720. The molecule has 0 radical (unpaired) electrons. The van der Waals surface area contributed by atoms with Gasteiger partial charge in [0, 0.05) is 0 Å². The number of nitrogens with zero attached hydrogens (tertiary/aromatic N) is 1. The fourth-order valence-corrected chi connectivity index (χ4v) is 1.82. The summed E-state index contributed by atoms with van der Waals surface area (Å²) in [4.78, 5) is 13.7. The number of nitrogens with one attached hydrogen (secondary N) is 1. The lowest BCUT2D eigenvalue weighted by atomic mass is 10.1. The van der Waals surface area contributed by atoms with Crippen LogP contribution in [0.4, 0.5) is 0 Å². The molecule has 1 heterocycles. The average Bonchev–Trinajstić information content (AvgIpc) is 2.43. The number of hydrogen-bond donors (Lipinski definition) is 1. The summed E-state index contributed by atoms with van der Waals surface area (Å²) in [5.74, 6) is 0.0891. The third-order valence-electron chi connectivity index (χ3n) is 2.73. The van der Waals surface area contributed by atoms with Crippen LogP contribution in [0.15, 0.2) is 30.3 Å². The van der Waals surface area contributed by atoms with E-state index in [0.29, 0.717) is 0 Å². The summed E-state index contributed by atoms with van der Waals surface area (Å²) in [6.07, 6.45) is 0.118. The highest BCUT2D eigenvalue weighted by molar-refractivity contribution is 5.85. The summed E-state index contributed by atoms with van der Waals surface area (Å²) in [5.41, 5.74) is 1.05. The van der Waals surface area contributed by atoms with Crippen molar-refractivity contribution in [3.8, 4) is 0 Å². The molecule has 74 valence electrons. The molecule has 2 atom stereocenters. The second-order valence-corrected chi connectivity index (χ2v) is 3.66. The van der Waals surface area contributed by atoms with E-state index in [0.717, 1.165) is 5.56 Å². The zero-order valence-corrected chi connectivity index (χ0v) is 8.40. The maximum Gasteiger partial charge on any atom is 0.243 e. The lowest BCUT2D eigenvalue weighted by Crippen LogP contribution is -2.30. The van der Waals surface area contributed by atoms with Gasteiger partial charge in [-0.05, 0) is 19.5 Å². The zero-order chi connectivity index (χ0) is 10.1. The molecule has 0 aliphatic carbocycles. The highest BCUT2D eigenvalue weighted by Gasteiger charge is 2.35. The molecule has 14 heavy (non-hydrogen) atoms. The van der Waals surface area contributed by atoms with E-state index in [2.05, 4.69) is 5.32 Å². The Balaban J connectivity index is 2.31. The number of benzene rings is 1. The molecular formula is C11H14N2O. The lowest BCUT2D eigenvalue weighted by Gasteiger charge is -2.19. The van der Waals surface area contributed by atoms with Gasteiger partial charge in [0.05, 0.1) is 6.17 Å². The summed E-state index contributed by atoms with van der Waals surface area (Å²) in [7, 11) is 1.96. The summed E-state index contributed by atoms with van der Waals surface area (Å²) in [6, 6.07) is 9.71. The molecule has 1 N–H and O–H groups in total. The summed E-state index contributed by atoms with van der Waals surface area (Å²) in [5, 5.41) is 2.90. The number of carbonyl (C=O) groups is 1. The molecule has 3 nitrogen and oxygen atoms in total. The monoisotopic (exact) mass is 190 g/mol. The van der Waals surface area contributed by atoms with Gasteiger partial charge in [0.15, 0.2) is 0 Å². The molecular weight excluding hydrogens is 176 g/mol. The third kappa shape index (κ3) is 1.40. The van der Waals surface area contributed by atoms with Crippen LogP contribution in [0.1, 0.15) is 18.5 Å². The zero-order valence-electron chi connectivity index (χ0n) is 8.40. The van der Waals surface area contributed by atoms with Gasteiger partial charge in [-0.3, -0.25) is 9.69 Å². The van der Waals surface area contributed by atoms with E-state index in [1.807, 2.05) is 49.2 Å². The number of carbonyl (C=O) groups excluding carboxylic acids is 1. The molecule has 0 bridgehead atoms. The minimum Gasteiger partial charge on any atom is -0.339 e. The predicted molar refractivity (Wildman–Crippen MR) is 54.6 cm³/mol. The minimum atomic E-state index is -0.133. The standard InChI is InChI=1S/C11H14N2O/c1-8-12-11(14)10(13(8)2)9-6-4-3-5-7-9/h3-8,10H,1-2H3,(H,12,14). The van der Waals surface area contributed by atoms with Gasteiger partial charge in [-0.15, -0.1) is 0 Å². The second-order valence-electron chi connectivity index (χ2n) is 3.66. The van der Waals surface area contributed by atoms with Gasteiger partial charge < -0.3 is 5.32 Å². The van der Waals surface area contributed by atoms with E-state index in [9.17, 15) is 4.79 Å². The van der Waals surface area contributed by atoms with Crippen LogP contribution in [0.2, 0.25) is 0 Å². The van der Waals surface area contributed by atoms with E-state index in [-0.39, 0.29) is 18.1 Å². The predicted octanol–water partition coefficient (Wildman–Crippen LogP) is 1.14. The van der Waals surface area contributed by atoms with E-state index >= 15 is 0 Å². The molecule has 1 aliphatic rings. The van der Waals surface area contributed by atoms with Crippen LogP contribution in [0.25, 0.3) is 0 Å². The Morgan fingerprint density at radius 2 is 1.93 bits per heavy atom. The molecule has 1 aromatic rings. The van der Waals surface area contributed by atoms with Crippen molar-refractivity contribution < 1.29 is 4.79 Å². The Bertz CT molecular complexity index is 336. The molecule has 1 fully saturated rings. The Morgan fingerprint density at radius 3 is 2.43 bits per heavy atom. The van der Waals surface area contributed by atoms with Crippen LogP contribution in [0.5, 0.6) is 0 Å². The van der Waals surface area contributed by atoms with Crippen LogP contribution in [0, 0.1) is 0 Å². The first-order valence-electron chi connectivity index (χ1n) is 4.77. The fraction of sp³-hybridized carbons (Fsp3) is 0.364. The number of rotatable bonds is 1. The summed E-state index contributed by atoms with van der Waals surface area (Å²) < 4.78 is 0. The van der Waals surface area contributed by atoms with Crippen LogP contribution in [0.3, 0.4) is 0 Å². The Morgan fingerprint density at radius 1 is 1.29 bits per heavy atom. The first-order valence-corrected chi connectivity index (χ1v) is 4.77. The van der Waals surface area contributed by atoms with E-state index in [4.69, 9.17) is 0 Å². The van der Waals surface area contributed by atoms with Crippen LogP contribution in [-0.4, -0.2) is 24.0 Å². The fourth-order valence-electron chi connectivity index (χ4n) is 1.82. The third-order valence-corrected chi connectivity index (χ3v) is 2.73. The van der Waals surface area contributed by atoms with Crippen molar-refractivity contribution >= 4 is 5.91 Å². The summed E-state index contributed by atoms with van der Waals surface area (Å²) >= 11 is 0. The van der Waals surface area contributed by atoms with Gasteiger partial charge in [-0.2, -0.15) is 0 Å². The topological polar surface area (TPSA) is 32.3 Å². The number of amides is 1. The smallest absolute Gasteiger partial charge is 0.243 e. The first kappa shape index (κ1) is 9.21. The van der Waals surface area contributed by atoms with Gasteiger partial charge in [-0.25, -0.2) is 0 Å². The SMILES string of the molecule is CC1NC(=O)C(c2ccccc2)N1C. The lowest BCUT2D eigenvalue weighted by molar-refractivity contribution is -0.121. The molecule has 2 rings (SSSR count). The molecule has 2 unspecified atom stereocenters. The van der Waals surface area contributed by atoms with Crippen LogP contribution in [-0.2, 0) is 4.79 Å². The molecule has 0 spiro atoms. The van der Waals surface area contributed by atoms with Crippen molar-refractivity contribution in [3.05, 3.63) is 35.9 Å². The molecule has 0 aromatic heterocycles. The molecule has 1 aromatic carbocycles. The second kappa shape index (κ2) is 3.42. The van der Waals surface area contributed by atoms with E-state index in [1.165, 1.54) is 0 Å². The summed E-state index contributed by atoms with van der Waals surface area (Å²) in [6.45, 7) is 1.99. The van der Waals surface area contributed by atoms with Gasteiger partial charge in [0.1, 0.15) is 6.04 Å². The maximum absolute atomic E-state index is 11.6. The van der Waals surface area contributed by atoms with Crippen molar-refractivity contribution in [2.45, 2.75) is 19.1 Å². The number of likely N-dealkylation sites (N-methyl/N-ethyl adjacent to an activating group) is 1. The van der Waals surface area contributed by atoms with E-state index in [1.54, 1.807) is 0 Å². The Hall–Kier alpha value is -1.35. The average molecular weight is 190 g/mol. The number of hydrogen-bond acceptors (Lipinski definition) is 2. The van der Waals surface area contributed by atoms with Crippen molar-refractivity contribution in [2.75, 3.05) is 7.05 Å². The van der Waals surface area contributed by atoms with Gasteiger partial charge in [0.25, 0.3) is 0 Å². The molecule has 1 aliphatic heterocycles. The van der Waals surface area contributed by atoms with E-state index < -0.39 is 0 Å². The van der Waals surface area contributed by atoms with Crippen molar-refractivity contribution in [2.24, 2.45) is 0 Å². The highest BCUT2D eigenvalue weighted by Crippen LogP contribution is 2.25. The van der Waals surface area contributed by atoms with Crippen molar-refractivity contribution in [1.82, 2.24) is 10.2 Å². The largest absolute Gasteiger partial charge is 0.339 e. The molecule has 1 amide bonds.